The van der Waals surface area contributed by atoms with E-state index in [1.165, 1.54) is 0 Å². The predicted molar refractivity (Wildman–Crippen MR) is 42.1 cm³/mol. The van der Waals surface area contributed by atoms with Crippen molar-refractivity contribution in [2.45, 2.75) is 13.8 Å². The molecule has 0 heterocycles. The van der Waals surface area contributed by atoms with Crippen molar-refractivity contribution in [1.29, 1.82) is 0 Å². The summed E-state index contributed by atoms with van der Waals surface area (Å²) in [5.74, 6) is 0. The molecule has 4 heteroatoms. The number of hydrogen-bond acceptors (Lipinski definition) is 4. The zero-order valence-corrected chi connectivity index (χ0v) is 5.82. The van der Waals surface area contributed by atoms with E-state index in [1.54, 1.807) is 0 Å². The third-order valence-electron chi connectivity index (χ3n) is 1.65. The van der Waals surface area contributed by atoms with E-state index >= 15 is 0 Å². The summed E-state index contributed by atoms with van der Waals surface area (Å²) in [6.45, 7) is -1.05. The number of hydrogen-bond donors (Lipinski definition) is 4. The second-order valence-electron chi connectivity index (χ2n) is 2.45. The molecule has 0 unspecified atom stereocenters. The van der Waals surface area contributed by atoms with E-state index in [0.717, 1.165) is 0 Å². The predicted octanol–water partition coefficient (Wildman–Crippen LogP) is -1.03. The van der Waals surface area contributed by atoms with Gasteiger partial charge in [-0.15, -0.1) is 0 Å². The lowest BCUT2D eigenvalue weighted by Gasteiger charge is -2.25. The van der Waals surface area contributed by atoms with Crippen molar-refractivity contribution < 1.29 is 20.4 Å². The number of aliphatic hydroxyl groups is 4. The van der Waals surface area contributed by atoms with Gasteiger partial charge in [-0.2, -0.15) is 0 Å². The Kier molecular flexibility index (Phi) is 7.99. The lowest BCUT2D eigenvalue weighted by Crippen LogP contribution is -2.34. The normalized spacial score (nSPS) is 10.9. The van der Waals surface area contributed by atoms with Crippen LogP contribution in [0.3, 0.4) is 0 Å². The van der Waals surface area contributed by atoms with Gasteiger partial charge < -0.3 is 20.4 Å². The van der Waals surface area contributed by atoms with Crippen LogP contribution in [0.4, 0.5) is 0 Å². The second kappa shape index (κ2) is 6.54. The molecule has 0 saturated carbocycles. The van der Waals surface area contributed by atoms with Crippen molar-refractivity contribution in [3.63, 3.8) is 0 Å². The molecular formula is C7H18O4. The smallest absolute Gasteiger partial charge is 0.0532 e. The molecule has 4 N–H and O–H groups in total. The van der Waals surface area contributed by atoms with Crippen molar-refractivity contribution in [1.82, 2.24) is 0 Å². The standard InChI is InChI=1S/C6H14O4.CH4/c7-2-1-6(3-8,4-9)5-10;/h7-10H,1-5H2;1H4. The van der Waals surface area contributed by atoms with Gasteiger partial charge in [0.05, 0.1) is 19.8 Å². The van der Waals surface area contributed by atoms with E-state index in [4.69, 9.17) is 20.4 Å². The molecule has 0 aliphatic heterocycles. The first-order valence-corrected chi connectivity index (χ1v) is 3.18. The summed E-state index contributed by atoms with van der Waals surface area (Å²) < 4.78 is 0. The molecule has 11 heavy (non-hydrogen) atoms. The van der Waals surface area contributed by atoms with Gasteiger partial charge in [-0.25, -0.2) is 0 Å². The van der Waals surface area contributed by atoms with Crippen molar-refractivity contribution in [2.24, 2.45) is 5.41 Å². The highest BCUT2D eigenvalue weighted by molar-refractivity contribution is 4.75. The minimum Gasteiger partial charge on any atom is -0.396 e. The van der Waals surface area contributed by atoms with Gasteiger partial charge in [-0.05, 0) is 6.42 Å². The summed E-state index contributed by atoms with van der Waals surface area (Å²) >= 11 is 0. The van der Waals surface area contributed by atoms with Gasteiger partial charge in [0.2, 0.25) is 0 Å². The first-order chi connectivity index (χ1) is 4.74. The first kappa shape index (κ1) is 13.4. The maximum Gasteiger partial charge on any atom is 0.0532 e. The summed E-state index contributed by atoms with van der Waals surface area (Å²) in [4.78, 5) is 0. The maximum atomic E-state index is 8.68. The van der Waals surface area contributed by atoms with Crippen LogP contribution in [-0.2, 0) is 0 Å². The fourth-order valence-corrected chi connectivity index (χ4v) is 0.624. The SMILES string of the molecule is C.OCCC(CO)(CO)CO. The van der Waals surface area contributed by atoms with Crippen LogP contribution in [0.15, 0.2) is 0 Å². The van der Waals surface area contributed by atoms with Gasteiger partial charge in [0, 0.05) is 12.0 Å². The second-order valence-corrected chi connectivity index (χ2v) is 2.45. The fourth-order valence-electron chi connectivity index (χ4n) is 0.624. The van der Waals surface area contributed by atoms with Crippen molar-refractivity contribution in [2.75, 3.05) is 26.4 Å². The molecule has 0 aromatic rings. The molecule has 0 amide bonds. The average Bonchev–Trinajstić information content (AvgIpc) is 2.01. The number of aliphatic hydroxyl groups excluding tert-OH is 4. The van der Waals surface area contributed by atoms with Crippen molar-refractivity contribution in [3.8, 4) is 0 Å². The highest BCUT2D eigenvalue weighted by atomic mass is 16.3. The summed E-state index contributed by atoms with van der Waals surface area (Å²) in [5, 5.41) is 34.5. The Morgan fingerprint density at radius 3 is 1.27 bits per heavy atom. The van der Waals surface area contributed by atoms with E-state index in [0.29, 0.717) is 0 Å². The van der Waals surface area contributed by atoms with Gasteiger partial charge >= 0.3 is 0 Å². The topological polar surface area (TPSA) is 80.9 Å². The molecule has 0 fully saturated rings. The van der Waals surface area contributed by atoms with E-state index in [1.807, 2.05) is 0 Å². The van der Waals surface area contributed by atoms with Gasteiger partial charge in [0.25, 0.3) is 0 Å². The Bertz CT molecular complexity index is 72.2. The third-order valence-corrected chi connectivity index (χ3v) is 1.65. The van der Waals surface area contributed by atoms with Gasteiger partial charge in [-0.3, -0.25) is 0 Å². The molecule has 0 bridgehead atoms. The molecule has 0 aliphatic rings. The van der Waals surface area contributed by atoms with Gasteiger partial charge in [0.15, 0.2) is 0 Å². The van der Waals surface area contributed by atoms with Gasteiger partial charge in [0.1, 0.15) is 0 Å². The van der Waals surface area contributed by atoms with Crippen LogP contribution >= 0.6 is 0 Å². The summed E-state index contributed by atoms with van der Waals surface area (Å²) in [6, 6.07) is 0. The first-order valence-electron chi connectivity index (χ1n) is 3.18. The highest BCUT2D eigenvalue weighted by Crippen LogP contribution is 2.18. The monoisotopic (exact) mass is 166 g/mol. The maximum absolute atomic E-state index is 8.68. The minimum absolute atomic E-state index is 0. The lowest BCUT2D eigenvalue weighted by molar-refractivity contribution is -0.0111. The molecule has 0 saturated heterocycles. The zero-order chi connectivity index (χ0) is 8.04. The molecule has 0 aromatic carbocycles. The van der Waals surface area contributed by atoms with E-state index in [2.05, 4.69) is 0 Å². The van der Waals surface area contributed by atoms with Crippen LogP contribution in [0.5, 0.6) is 0 Å². The average molecular weight is 166 g/mol. The van der Waals surface area contributed by atoms with E-state index in [-0.39, 0.29) is 40.3 Å². The summed E-state index contributed by atoms with van der Waals surface area (Å²) in [6.07, 6.45) is 0.219. The Morgan fingerprint density at radius 1 is 0.818 bits per heavy atom. The van der Waals surface area contributed by atoms with Crippen LogP contribution in [0.2, 0.25) is 0 Å². The van der Waals surface area contributed by atoms with Crippen LogP contribution in [-0.4, -0.2) is 46.9 Å². The molecular weight excluding hydrogens is 148 g/mol. The lowest BCUT2D eigenvalue weighted by atomic mass is 9.88. The van der Waals surface area contributed by atoms with Crippen molar-refractivity contribution in [3.05, 3.63) is 0 Å². The quantitative estimate of drug-likeness (QED) is 0.421. The largest absolute Gasteiger partial charge is 0.396 e. The molecule has 0 aromatic heterocycles. The third kappa shape index (κ3) is 3.67. The van der Waals surface area contributed by atoms with E-state index < -0.39 is 5.41 Å². The Labute approximate surface area is 67.1 Å². The Hall–Kier alpha value is -0.160. The molecule has 0 aliphatic carbocycles. The molecule has 0 atom stereocenters. The van der Waals surface area contributed by atoms with Crippen LogP contribution in [0.1, 0.15) is 13.8 Å². The summed E-state index contributed by atoms with van der Waals surface area (Å²) in [5.41, 5.74) is -0.908. The molecule has 0 rings (SSSR count). The highest BCUT2D eigenvalue weighted by Gasteiger charge is 2.26. The van der Waals surface area contributed by atoms with Crippen LogP contribution in [0, 0.1) is 5.41 Å². The minimum atomic E-state index is -0.908. The van der Waals surface area contributed by atoms with E-state index in [9.17, 15) is 0 Å². The fraction of sp³-hybridized carbons (Fsp3) is 1.00. The molecule has 0 spiro atoms. The molecule has 0 radical (unpaired) electrons. The van der Waals surface area contributed by atoms with Crippen molar-refractivity contribution >= 4 is 0 Å². The molecule has 4 nitrogen and oxygen atoms in total. The van der Waals surface area contributed by atoms with Gasteiger partial charge in [-0.1, -0.05) is 7.43 Å². The Balaban J connectivity index is 0. The zero-order valence-electron chi connectivity index (χ0n) is 5.82. The van der Waals surface area contributed by atoms with Crippen LogP contribution < -0.4 is 0 Å². The number of rotatable bonds is 5. The summed E-state index contributed by atoms with van der Waals surface area (Å²) in [7, 11) is 0. The molecule has 70 valence electrons. The Morgan fingerprint density at radius 2 is 1.18 bits per heavy atom. The van der Waals surface area contributed by atoms with Crippen LogP contribution in [0.25, 0.3) is 0 Å².